The Labute approximate surface area is 117 Å². The Morgan fingerprint density at radius 2 is 1.45 bits per heavy atom. The van der Waals surface area contributed by atoms with Gasteiger partial charge < -0.3 is 4.74 Å². The van der Waals surface area contributed by atoms with E-state index in [2.05, 4.69) is 36.4 Å². The number of hydrogen-bond donors (Lipinski definition) is 0. The number of fused-ring (bicyclic) bond motifs is 7. The van der Waals surface area contributed by atoms with E-state index in [9.17, 15) is 4.79 Å². The number of esters is 1. The van der Waals surface area contributed by atoms with Gasteiger partial charge in [-0.25, -0.2) is 0 Å². The van der Waals surface area contributed by atoms with Crippen LogP contribution in [0.25, 0.3) is 0 Å². The van der Waals surface area contributed by atoms with E-state index >= 15 is 0 Å². The van der Waals surface area contributed by atoms with Crippen LogP contribution in [0.1, 0.15) is 34.1 Å². The molecule has 5 rings (SSSR count). The molecule has 0 bridgehead atoms. The number of methoxy groups -OCH3 is 1. The Morgan fingerprint density at radius 1 is 0.950 bits per heavy atom. The number of rotatable bonds is 1. The number of hydrogen-bond acceptors (Lipinski definition) is 2. The SMILES string of the molecule is COC(=O)C12c3ccccc3C3C(c4ccccc41)C32. The number of carbonyl (C=O) groups excluding carboxylic acids is 1. The highest BCUT2D eigenvalue weighted by molar-refractivity contribution is 5.95. The van der Waals surface area contributed by atoms with Crippen LogP contribution in [0.3, 0.4) is 0 Å². The molecule has 0 aromatic heterocycles. The smallest absolute Gasteiger partial charge is 0.321 e. The zero-order valence-electron chi connectivity index (χ0n) is 11.2. The molecule has 0 heterocycles. The maximum absolute atomic E-state index is 12.7. The van der Waals surface area contributed by atoms with Crippen LogP contribution in [0.4, 0.5) is 0 Å². The molecule has 0 N–H and O–H groups in total. The van der Waals surface area contributed by atoms with Gasteiger partial charge in [0.1, 0.15) is 5.41 Å². The third-order valence-electron chi connectivity index (χ3n) is 5.52. The molecule has 3 aliphatic carbocycles. The van der Waals surface area contributed by atoms with Crippen molar-refractivity contribution in [3.8, 4) is 0 Å². The molecular weight excluding hydrogens is 248 g/mol. The molecule has 1 fully saturated rings. The molecule has 0 saturated heterocycles. The Kier molecular flexibility index (Phi) is 1.68. The van der Waals surface area contributed by atoms with Gasteiger partial charge in [0.05, 0.1) is 7.11 Å². The monoisotopic (exact) mass is 262 g/mol. The first kappa shape index (κ1) is 10.7. The normalized spacial score (nSPS) is 34.1. The Balaban J connectivity index is 1.90. The predicted molar refractivity (Wildman–Crippen MR) is 74.7 cm³/mol. The van der Waals surface area contributed by atoms with Crippen molar-refractivity contribution >= 4 is 5.97 Å². The van der Waals surface area contributed by atoms with E-state index in [1.165, 1.54) is 29.4 Å². The highest BCUT2D eigenvalue weighted by Crippen LogP contribution is 2.80. The molecular formula is C18H14O2. The fraction of sp³-hybridized carbons (Fsp3) is 0.278. The summed E-state index contributed by atoms with van der Waals surface area (Å²) < 4.78 is 5.23. The van der Waals surface area contributed by atoms with Crippen LogP contribution >= 0.6 is 0 Å². The molecule has 0 amide bonds. The lowest BCUT2D eigenvalue weighted by Gasteiger charge is -2.27. The molecule has 2 aromatic carbocycles. The summed E-state index contributed by atoms with van der Waals surface area (Å²) in [6.07, 6.45) is 0. The van der Waals surface area contributed by atoms with Crippen molar-refractivity contribution in [2.24, 2.45) is 5.92 Å². The van der Waals surface area contributed by atoms with Gasteiger partial charge in [-0.2, -0.15) is 0 Å². The minimum Gasteiger partial charge on any atom is -0.468 e. The second kappa shape index (κ2) is 3.14. The second-order valence-electron chi connectivity index (χ2n) is 6.05. The Bertz CT molecular complexity index is 708. The summed E-state index contributed by atoms with van der Waals surface area (Å²) in [5.41, 5.74) is 4.50. The number of ether oxygens (including phenoxy) is 1. The summed E-state index contributed by atoms with van der Waals surface area (Å²) in [5, 5.41) is 0. The van der Waals surface area contributed by atoms with Crippen molar-refractivity contribution in [3.05, 3.63) is 70.8 Å². The highest BCUT2D eigenvalue weighted by Gasteiger charge is 2.77. The van der Waals surface area contributed by atoms with E-state index < -0.39 is 5.41 Å². The van der Waals surface area contributed by atoms with Gasteiger partial charge in [0, 0.05) is 0 Å². The third kappa shape index (κ3) is 0.866. The van der Waals surface area contributed by atoms with Gasteiger partial charge in [-0.05, 0) is 40.0 Å². The third-order valence-corrected chi connectivity index (χ3v) is 5.52. The van der Waals surface area contributed by atoms with Crippen LogP contribution in [0.5, 0.6) is 0 Å². The van der Waals surface area contributed by atoms with E-state index in [4.69, 9.17) is 4.74 Å². The lowest BCUT2D eigenvalue weighted by atomic mass is 9.75. The van der Waals surface area contributed by atoms with Crippen LogP contribution in [0.2, 0.25) is 0 Å². The summed E-state index contributed by atoms with van der Waals surface area (Å²) in [7, 11) is 1.51. The average molecular weight is 262 g/mol. The molecule has 3 aliphatic rings. The molecule has 0 aliphatic heterocycles. The minimum atomic E-state index is -0.544. The van der Waals surface area contributed by atoms with Crippen LogP contribution in [0, 0.1) is 5.92 Å². The van der Waals surface area contributed by atoms with Gasteiger partial charge in [-0.15, -0.1) is 0 Å². The fourth-order valence-corrected chi connectivity index (χ4v) is 4.94. The highest BCUT2D eigenvalue weighted by atomic mass is 16.5. The van der Waals surface area contributed by atoms with Crippen LogP contribution in [-0.2, 0) is 14.9 Å². The summed E-state index contributed by atoms with van der Waals surface area (Å²) in [6.45, 7) is 0. The molecule has 2 unspecified atom stereocenters. The number of benzene rings is 2. The van der Waals surface area contributed by atoms with Crippen molar-refractivity contribution in [3.63, 3.8) is 0 Å². The van der Waals surface area contributed by atoms with Crippen LogP contribution in [0.15, 0.2) is 48.5 Å². The van der Waals surface area contributed by atoms with Crippen molar-refractivity contribution in [2.45, 2.75) is 17.3 Å². The molecule has 98 valence electrons. The quantitative estimate of drug-likeness (QED) is 0.739. The van der Waals surface area contributed by atoms with Gasteiger partial charge in [-0.3, -0.25) is 4.79 Å². The Hall–Kier alpha value is -2.09. The van der Waals surface area contributed by atoms with Gasteiger partial charge >= 0.3 is 5.97 Å². The van der Waals surface area contributed by atoms with Crippen LogP contribution in [-0.4, -0.2) is 13.1 Å². The molecule has 0 radical (unpaired) electrons. The molecule has 20 heavy (non-hydrogen) atoms. The predicted octanol–water partition coefficient (Wildman–Crippen LogP) is 2.97. The first-order chi connectivity index (χ1) is 9.81. The number of carbonyl (C=O) groups is 1. The molecule has 2 aromatic rings. The van der Waals surface area contributed by atoms with Gasteiger partial charge in [0.15, 0.2) is 0 Å². The van der Waals surface area contributed by atoms with E-state index in [-0.39, 0.29) is 5.97 Å². The summed E-state index contributed by atoms with van der Waals surface area (Å²) in [6, 6.07) is 16.8. The van der Waals surface area contributed by atoms with Gasteiger partial charge in [0.2, 0.25) is 0 Å². The standard InChI is InChI=1S/C18H14O2/c1-20-17(19)18-12-8-4-2-6-10(12)14-15(16(14)18)11-7-3-5-9-13(11)18/h2-9,14-16H,1H3. The molecule has 2 heteroatoms. The van der Waals surface area contributed by atoms with Gasteiger partial charge in [0.25, 0.3) is 0 Å². The van der Waals surface area contributed by atoms with Crippen molar-refractivity contribution in [1.29, 1.82) is 0 Å². The minimum absolute atomic E-state index is 0.0927. The largest absolute Gasteiger partial charge is 0.468 e. The second-order valence-corrected chi connectivity index (χ2v) is 6.05. The van der Waals surface area contributed by atoms with E-state index in [1.807, 2.05) is 12.1 Å². The lowest BCUT2D eigenvalue weighted by Crippen LogP contribution is -2.37. The van der Waals surface area contributed by atoms with Crippen molar-refractivity contribution in [2.75, 3.05) is 7.11 Å². The van der Waals surface area contributed by atoms with E-state index in [1.54, 1.807) is 0 Å². The summed E-state index contributed by atoms with van der Waals surface area (Å²) in [4.78, 5) is 12.7. The van der Waals surface area contributed by atoms with E-state index in [0.29, 0.717) is 17.8 Å². The molecule has 0 spiro atoms. The lowest BCUT2D eigenvalue weighted by molar-refractivity contribution is -0.146. The van der Waals surface area contributed by atoms with Crippen molar-refractivity contribution in [1.82, 2.24) is 0 Å². The van der Waals surface area contributed by atoms with Crippen molar-refractivity contribution < 1.29 is 9.53 Å². The summed E-state index contributed by atoms with van der Waals surface area (Å²) >= 11 is 0. The summed E-state index contributed by atoms with van der Waals surface area (Å²) in [5.74, 6) is 1.31. The first-order valence-electron chi connectivity index (χ1n) is 7.09. The maximum atomic E-state index is 12.7. The molecule has 2 nitrogen and oxygen atoms in total. The zero-order valence-corrected chi connectivity index (χ0v) is 11.2. The Morgan fingerprint density at radius 3 is 1.95 bits per heavy atom. The van der Waals surface area contributed by atoms with E-state index in [0.717, 1.165) is 0 Å². The first-order valence-corrected chi connectivity index (χ1v) is 7.09. The zero-order chi connectivity index (χ0) is 13.5. The average Bonchev–Trinajstić information content (AvgIpc) is 3.10. The topological polar surface area (TPSA) is 26.3 Å². The fourth-order valence-electron chi connectivity index (χ4n) is 4.94. The van der Waals surface area contributed by atoms with Crippen LogP contribution < -0.4 is 0 Å². The molecule has 1 saturated carbocycles. The van der Waals surface area contributed by atoms with Gasteiger partial charge in [-0.1, -0.05) is 48.5 Å². The molecule has 2 atom stereocenters. The maximum Gasteiger partial charge on any atom is 0.321 e.